The van der Waals surface area contributed by atoms with Crippen LogP contribution in [0.15, 0.2) is 41.3 Å². The molecule has 0 spiro atoms. The van der Waals surface area contributed by atoms with E-state index in [9.17, 15) is 13.6 Å². The Kier molecular flexibility index (Phi) is 4.66. The van der Waals surface area contributed by atoms with Crippen molar-refractivity contribution in [3.8, 4) is 5.88 Å². The van der Waals surface area contributed by atoms with Gasteiger partial charge in [0.2, 0.25) is 0 Å². The van der Waals surface area contributed by atoms with Gasteiger partial charge in [0.15, 0.2) is 0 Å². The average molecular weight is 377 g/mol. The summed E-state index contributed by atoms with van der Waals surface area (Å²) >= 11 is 0. The van der Waals surface area contributed by atoms with Crippen LogP contribution in [-0.2, 0) is 4.74 Å². The van der Waals surface area contributed by atoms with Crippen molar-refractivity contribution in [2.24, 2.45) is 0 Å². The van der Waals surface area contributed by atoms with Crippen LogP contribution in [0.3, 0.4) is 0 Å². The highest BCUT2D eigenvalue weighted by Crippen LogP contribution is 2.33. The predicted molar refractivity (Wildman–Crippen MR) is 90.5 cm³/mol. The van der Waals surface area contributed by atoms with Gasteiger partial charge < -0.3 is 19.3 Å². The zero-order valence-electron chi connectivity index (χ0n) is 14.2. The van der Waals surface area contributed by atoms with E-state index in [0.29, 0.717) is 13.0 Å². The summed E-state index contributed by atoms with van der Waals surface area (Å²) in [5, 5.41) is 6.61. The standard InChI is InChI=1S/C18H17F2N3O4/c19-14-7-12(8-15(20)17(14)11-1-4-21-5-2-11)23-13(10-26-18(23)24)9-25-16-3-6-27-22-16/h1,3-4,6-8,11,13,21H,2,5,9-10H2. The predicted octanol–water partition coefficient (Wildman–Crippen LogP) is 2.95. The number of hydrogen-bond acceptors (Lipinski definition) is 6. The molecule has 1 aromatic heterocycles. The summed E-state index contributed by atoms with van der Waals surface area (Å²) in [5.74, 6) is -1.49. The summed E-state index contributed by atoms with van der Waals surface area (Å²) in [6.45, 7) is 0.723. The monoisotopic (exact) mass is 377 g/mol. The number of aromatic nitrogens is 1. The Morgan fingerprint density at radius 2 is 2.15 bits per heavy atom. The molecule has 1 fully saturated rings. The number of carbonyl (C=O) groups is 1. The first-order valence-electron chi connectivity index (χ1n) is 8.51. The molecule has 2 aromatic rings. The average Bonchev–Trinajstić information content (AvgIpc) is 3.29. The number of benzene rings is 1. The number of allylic oxidation sites excluding steroid dienone is 1. The van der Waals surface area contributed by atoms with Gasteiger partial charge in [-0.3, -0.25) is 4.90 Å². The molecule has 2 atom stereocenters. The Morgan fingerprint density at radius 3 is 2.81 bits per heavy atom. The third-order valence-electron chi connectivity index (χ3n) is 4.56. The number of carbonyl (C=O) groups excluding carboxylic acids is 1. The molecule has 2 aliphatic heterocycles. The molecular weight excluding hydrogens is 360 g/mol. The zero-order chi connectivity index (χ0) is 18.8. The van der Waals surface area contributed by atoms with Gasteiger partial charge in [-0.05, 0) is 29.9 Å². The van der Waals surface area contributed by atoms with Gasteiger partial charge in [0.25, 0.3) is 5.88 Å². The number of anilines is 1. The number of halogens is 2. The largest absolute Gasteiger partial charge is 0.473 e. The molecule has 0 saturated carbocycles. The molecule has 3 heterocycles. The van der Waals surface area contributed by atoms with E-state index in [1.165, 1.54) is 17.2 Å². The molecular formula is C18H17F2N3O4. The molecule has 0 radical (unpaired) electrons. The number of hydrogen-bond donors (Lipinski definition) is 1. The lowest BCUT2D eigenvalue weighted by atomic mass is 9.92. The molecule has 4 rings (SSSR count). The van der Waals surface area contributed by atoms with Crippen molar-refractivity contribution in [1.29, 1.82) is 0 Å². The maximum atomic E-state index is 14.7. The normalized spacial score (nSPS) is 21.9. The molecule has 1 N–H and O–H groups in total. The van der Waals surface area contributed by atoms with Crippen LogP contribution in [0.4, 0.5) is 19.3 Å². The second-order valence-corrected chi connectivity index (χ2v) is 6.28. The minimum absolute atomic E-state index is 0.000499. The summed E-state index contributed by atoms with van der Waals surface area (Å²) in [7, 11) is 0. The molecule has 1 saturated heterocycles. The first kappa shape index (κ1) is 17.3. The van der Waals surface area contributed by atoms with Crippen LogP contribution in [0.5, 0.6) is 5.88 Å². The van der Waals surface area contributed by atoms with Crippen molar-refractivity contribution in [3.05, 3.63) is 53.9 Å². The SMILES string of the molecule is O=C1OCC(COc2ccon2)N1c1cc(F)c(C2C=CNCC2)c(F)c1. The lowest BCUT2D eigenvalue weighted by Gasteiger charge is -2.24. The lowest BCUT2D eigenvalue weighted by Crippen LogP contribution is -2.38. The van der Waals surface area contributed by atoms with Crippen molar-refractivity contribution in [3.63, 3.8) is 0 Å². The fourth-order valence-electron chi connectivity index (χ4n) is 3.26. The second-order valence-electron chi connectivity index (χ2n) is 6.28. The molecule has 142 valence electrons. The topological polar surface area (TPSA) is 76.8 Å². The number of amides is 1. The van der Waals surface area contributed by atoms with Crippen LogP contribution in [-0.4, -0.2) is 37.1 Å². The van der Waals surface area contributed by atoms with E-state index < -0.39 is 23.8 Å². The quantitative estimate of drug-likeness (QED) is 0.863. The number of ether oxygens (including phenoxy) is 2. The Balaban J connectivity index is 1.57. The lowest BCUT2D eigenvalue weighted by molar-refractivity contribution is 0.174. The van der Waals surface area contributed by atoms with Crippen molar-refractivity contribution in [2.75, 3.05) is 24.7 Å². The Bertz CT molecular complexity index is 833. The van der Waals surface area contributed by atoms with Gasteiger partial charge in [-0.15, -0.1) is 0 Å². The first-order chi connectivity index (χ1) is 13.1. The minimum Gasteiger partial charge on any atom is -0.473 e. The van der Waals surface area contributed by atoms with Crippen molar-refractivity contribution in [1.82, 2.24) is 10.5 Å². The van der Waals surface area contributed by atoms with E-state index in [1.54, 1.807) is 12.3 Å². The fourth-order valence-corrected chi connectivity index (χ4v) is 3.26. The van der Waals surface area contributed by atoms with E-state index in [4.69, 9.17) is 9.47 Å². The summed E-state index contributed by atoms with van der Waals surface area (Å²) in [6.07, 6.45) is 4.67. The van der Waals surface area contributed by atoms with E-state index >= 15 is 0 Å². The molecule has 1 aromatic carbocycles. The van der Waals surface area contributed by atoms with Gasteiger partial charge >= 0.3 is 6.09 Å². The summed E-state index contributed by atoms with van der Waals surface area (Å²) in [5.41, 5.74) is 0.0855. The highest BCUT2D eigenvalue weighted by atomic mass is 19.1. The maximum Gasteiger partial charge on any atom is 0.414 e. The van der Waals surface area contributed by atoms with Gasteiger partial charge in [0.05, 0.1) is 5.69 Å². The highest BCUT2D eigenvalue weighted by molar-refractivity contribution is 5.90. The molecule has 1 amide bonds. The van der Waals surface area contributed by atoms with Crippen LogP contribution in [0.1, 0.15) is 17.9 Å². The fraction of sp³-hybridized carbons (Fsp3) is 0.333. The maximum absolute atomic E-state index is 14.7. The Labute approximate surface area is 153 Å². The van der Waals surface area contributed by atoms with Crippen molar-refractivity contribution >= 4 is 11.8 Å². The summed E-state index contributed by atoms with van der Waals surface area (Å²) < 4.78 is 44.5. The van der Waals surface area contributed by atoms with E-state index in [1.807, 2.05) is 0 Å². The first-order valence-corrected chi connectivity index (χ1v) is 8.51. The molecule has 7 nitrogen and oxygen atoms in total. The molecule has 9 heteroatoms. The third-order valence-corrected chi connectivity index (χ3v) is 4.56. The van der Waals surface area contributed by atoms with Crippen LogP contribution >= 0.6 is 0 Å². The van der Waals surface area contributed by atoms with Crippen LogP contribution in [0, 0.1) is 11.6 Å². The second kappa shape index (κ2) is 7.26. The Hall–Kier alpha value is -3.10. The third kappa shape index (κ3) is 3.44. The van der Waals surface area contributed by atoms with Gasteiger partial charge in [0.1, 0.15) is 37.2 Å². The van der Waals surface area contributed by atoms with Crippen molar-refractivity contribution in [2.45, 2.75) is 18.4 Å². The summed E-state index contributed by atoms with van der Waals surface area (Å²) in [6, 6.07) is 3.29. The van der Waals surface area contributed by atoms with Crippen molar-refractivity contribution < 1.29 is 27.6 Å². The number of nitrogens with zero attached hydrogens (tertiary/aromatic N) is 2. The van der Waals surface area contributed by atoms with E-state index in [-0.39, 0.29) is 36.3 Å². The van der Waals surface area contributed by atoms with Gasteiger partial charge in [-0.2, -0.15) is 0 Å². The van der Waals surface area contributed by atoms with Crippen LogP contribution in [0.2, 0.25) is 0 Å². The van der Waals surface area contributed by atoms with Crippen LogP contribution < -0.4 is 15.0 Å². The van der Waals surface area contributed by atoms with Crippen LogP contribution in [0.25, 0.3) is 0 Å². The highest BCUT2D eigenvalue weighted by Gasteiger charge is 2.36. The molecule has 2 unspecified atom stereocenters. The van der Waals surface area contributed by atoms with Gasteiger partial charge in [-0.25, -0.2) is 13.6 Å². The molecule has 2 aliphatic rings. The number of rotatable bonds is 5. The number of nitrogens with one attached hydrogen (secondary N) is 1. The summed E-state index contributed by atoms with van der Waals surface area (Å²) in [4.78, 5) is 13.3. The smallest absolute Gasteiger partial charge is 0.414 e. The van der Waals surface area contributed by atoms with Gasteiger partial charge in [0, 0.05) is 24.1 Å². The molecule has 27 heavy (non-hydrogen) atoms. The number of cyclic esters (lactones) is 1. The Morgan fingerprint density at radius 1 is 1.33 bits per heavy atom. The van der Waals surface area contributed by atoms with Gasteiger partial charge in [-0.1, -0.05) is 6.08 Å². The molecule has 0 aliphatic carbocycles. The zero-order valence-corrected chi connectivity index (χ0v) is 14.2. The van der Waals surface area contributed by atoms with E-state index in [0.717, 1.165) is 12.1 Å². The van der Waals surface area contributed by atoms with E-state index in [2.05, 4.69) is 15.0 Å². The molecule has 0 bridgehead atoms. The minimum atomic E-state index is -0.697.